The number of nitrogens with one attached hydrogen (secondary N) is 1. The molecule has 0 aliphatic carbocycles. The number of anilines is 1. The van der Waals surface area contributed by atoms with Crippen LogP contribution in [-0.2, 0) is 0 Å². The van der Waals surface area contributed by atoms with E-state index in [0.717, 1.165) is 36.4 Å². The lowest BCUT2D eigenvalue weighted by molar-refractivity contribution is 0.112. The lowest BCUT2D eigenvalue weighted by Crippen LogP contribution is -2.20. The van der Waals surface area contributed by atoms with Gasteiger partial charge < -0.3 is 15.0 Å². The normalized spacial score (nSPS) is 12.8. The van der Waals surface area contributed by atoms with Crippen LogP contribution in [0, 0.1) is 0 Å². The largest absolute Gasteiger partial charge is 0.495 e. The van der Waals surface area contributed by atoms with Crippen LogP contribution < -0.4 is 15.0 Å². The maximum absolute atomic E-state index is 11.0. The Labute approximate surface area is 123 Å². The highest BCUT2D eigenvalue weighted by atomic mass is 16.5. The quantitative estimate of drug-likeness (QED) is 0.864. The molecule has 0 unspecified atom stereocenters. The van der Waals surface area contributed by atoms with Crippen LogP contribution in [0.15, 0.2) is 18.2 Å². The van der Waals surface area contributed by atoms with Crippen LogP contribution in [0.4, 0.5) is 5.69 Å². The summed E-state index contributed by atoms with van der Waals surface area (Å²) in [6.07, 6.45) is 3.28. The van der Waals surface area contributed by atoms with Crippen molar-refractivity contribution in [3.05, 3.63) is 23.8 Å². The number of rotatable bonds is 3. The van der Waals surface area contributed by atoms with Crippen LogP contribution in [-0.4, -0.2) is 40.6 Å². The summed E-state index contributed by atoms with van der Waals surface area (Å²) < 4.78 is 5.30. The van der Waals surface area contributed by atoms with Crippen LogP contribution in [0.25, 0.3) is 0 Å². The molecule has 20 heavy (non-hydrogen) atoms. The van der Waals surface area contributed by atoms with Gasteiger partial charge in [0.2, 0.25) is 0 Å². The average Bonchev–Trinajstić information content (AvgIpc) is 3.03. The van der Waals surface area contributed by atoms with Gasteiger partial charge in [-0.2, -0.15) is 0 Å². The fourth-order valence-corrected chi connectivity index (χ4v) is 2.08. The van der Waals surface area contributed by atoms with Gasteiger partial charge in [-0.25, -0.2) is 0 Å². The molecule has 4 heteroatoms. The topological polar surface area (TPSA) is 41.6 Å². The highest BCUT2D eigenvalue weighted by Gasteiger charge is 2.19. The number of carbonyl (C=O) groups is 1. The van der Waals surface area contributed by atoms with Crippen molar-refractivity contribution in [3.8, 4) is 5.75 Å². The van der Waals surface area contributed by atoms with Crippen LogP contribution in [0.3, 0.4) is 0 Å². The predicted molar refractivity (Wildman–Crippen MR) is 86.2 cm³/mol. The minimum Gasteiger partial charge on any atom is -0.495 e. The average molecular weight is 280 g/mol. The smallest absolute Gasteiger partial charge is 0.152 e. The zero-order valence-corrected chi connectivity index (χ0v) is 13.4. The van der Waals surface area contributed by atoms with E-state index >= 15 is 0 Å². The van der Waals surface area contributed by atoms with Gasteiger partial charge in [0.25, 0.3) is 0 Å². The molecule has 0 spiro atoms. The number of methoxy groups -OCH3 is 1. The summed E-state index contributed by atoms with van der Waals surface area (Å²) in [5, 5.41) is 2.75. The van der Waals surface area contributed by atoms with Crippen molar-refractivity contribution < 1.29 is 9.53 Å². The molecular weight excluding hydrogens is 252 g/mol. The summed E-state index contributed by atoms with van der Waals surface area (Å²) in [6, 6.07) is 5.59. The van der Waals surface area contributed by atoms with Gasteiger partial charge in [-0.3, -0.25) is 4.79 Å². The molecule has 1 heterocycles. The number of hydrogen-bond donors (Lipinski definition) is 1. The van der Waals surface area contributed by atoms with E-state index in [1.807, 2.05) is 46.1 Å². The molecule has 4 nitrogen and oxygen atoms in total. The minimum atomic E-state index is 0.719. The van der Waals surface area contributed by atoms with Crippen molar-refractivity contribution in [1.29, 1.82) is 0 Å². The number of aldehydes is 1. The van der Waals surface area contributed by atoms with E-state index < -0.39 is 0 Å². The monoisotopic (exact) mass is 280 g/mol. The Hall–Kier alpha value is -1.55. The van der Waals surface area contributed by atoms with E-state index in [1.165, 1.54) is 12.8 Å². The van der Waals surface area contributed by atoms with Crippen molar-refractivity contribution >= 4 is 12.0 Å². The van der Waals surface area contributed by atoms with E-state index in [0.29, 0.717) is 0 Å². The summed E-state index contributed by atoms with van der Waals surface area (Å²) in [6.45, 7) is 6.03. The molecule has 0 atom stereocenters. The summed E-state index contributed by atoms with van der Waals surface area (Å²) in [5.74, 6) is 0.793. The summed E-state index contributed by atoms with van der Waals surface area (Å²) >= 11 is 0. The van der Waals surface area contributed by atoms with E-state index in [2.05, 4.69) is 10.2 Å². The Morgan fingerprint density at radius 3 is 2.20 bits per heavy atom. The van der Waals surface area contributed by atoms with Gasteiger partial charge in [-0.15, -0.1) is 0 Å². The van der Waals surface area contributed by atoms with Gasteiger partial charge in [0.05, 0.1) is 12.8 Å². The first-order chi connectivity index (χ1) is 9.78. The summed E-state index contributed by atoms with van der Waals surface area (Å²) in [7, 11) is 5.39. The van der Waals surface area contributed by atoms with Gasteiger partial charge in [-0.1, -0.05) is 19.9 Å². The maximum atomic E-state index is 11.0. The van der Waals surface area contributed by atoms with Crippen molar-refractivity contribution in [3.63, 3.8) is 0 Å². The lowest BCUT2D eigenvalue weighted by atomic mass is 10.1. The highest BCUT2D eigenvalue weighted by molar-refractivity contribution is 5.87. The van der Waals surface area contributed by atoms with Crippen LogP contribution in [0.2, 0.25) is 0 Å². The van der Waals surface area contributed by atoms with Gasteiger partial charge in [0, 0.05) is 18.7 Å². The number of para-hydroxylation sites is 1. The molecule has 1 aliphatic rings. The second-order valence-electron chi connectivity index (χ2n) is 4.21. The molecule has 0 aromatic heterocycles. The Morgan fingerprint density at radius 1 is 1.20 bits per heavy atom. The summed E-state index contributed by atoms with van der Waals surface area (Å²) in [4.78, 5) is 13.2. The molecule has 1 aromatic rings. The summed E-state index contributed by atoms with van der Waals surface area (Å²) in [5.41, 5.74) is 1.67. The number of hydrogen-bond acceptors (Lipinski definition) is 4. The lowest BCUT2D eigenvalue weighted by Gasteiger charge is -2.22. The van der Waals surface area contributed by atoms with Crippen LogP contribution in [0.5, 0.6) is 5.75 Å². The third kappa shape index (κ3) is 5.21. The number of nitrogens with zero attached hydrogens (tertiary/aromatic N) is 1. The van der Waals surface area contributed by atoms with Crippen molar-refractivity contribution in [2.24, 2.45) is 0 Å². The van der Waals surface area contributed by atoms with Gasteiger partial charge in [0.15, 0.2) is 6.29 Å². The highest BCUT2D eigenvalue weighted by Crippen LogP contribution is 2.33. The standard InChI is InChI=1S/C12H15NO2.C2H7N.C2H6/c1-15-11-6-4-5-10(9-14)12(11)13-7-2-3-8-13;1-3-2;1-2/h4-6,9H,2-3,7-8H2,1H3;3H,1-2H3;1-2H3. The van der Waals surface area contributed by atoms with Crippen LogP contribution >= 0.6 is 0 Å². The van der Waals surface area contributed by atoms with Gasteiger partial charge >= 0.3 is 0 Å². The zero-order valence-electron chi connectivity index (χ0n) is 13.4. The Morgan fingerprint density at radius 2 is 1.75 bits per heavy atom. The second-order valence-corrected chi connectivity index (χ2v) is 4.21. The Balaban J connectivity index is 0.000000641. The second kappa shape index (κ2) is 11.3. The first-order valence-electron chi connectivity index (χ1n) is 7.24. The van der Waals surface area contributed by atoms with E-state index in [1.54, 1.807) is 7.11 Å². The van der Waals surface area contributed by atoms with E-state index in [4.69, 9.17) is 4.74 Å². The van der Waals surface area contributed by atoms with Gasteiger partial charge in [-0.05, 0) is 39.1 Å². The fourth-order valence-electron chi connectivity index (χ4n) is 2.08. The SMILES string of the molecule is CC.CNC.COc1cccc(C=O)c1N1CCCC1. The molecule has 1 aromatic carbocycles. The third-order valence-corrected chi connectivity index (χ3v) is 2.80. The molecule has 0 saturated carbocycles. The molecule has 0 amide bonds. The number of ether oxygens (including phenoxy) is 1. The molecule has 0 bridgehead atoms. The van der Waals surface area contributed by atoms with Crippen LogP contribution in [0.1, 0.15) is 37.0 Å². The van der Waals surface area contributed by atoms with Crippen molar-refractivity contribution in [2.75, 3.05) is 39.2 Å². The van der Waals surface area contributed by atoms with E-state index in [-0.39, 0.29) is 0 Å². The predicted octanol–water partition coefficient (Wildman–Crippen LogP) is 2.97. The van der Waals surface area contributed by atoms with E-state index in [9.17, 15) is 4.79 Å². The number of benzene rings is 1. The minimum absolute atomic E-state index is 0.719. The molecule has 2 rings (SSSR count). The molecule has 114 valence electrons. The van der Waals surface area contributed by atoms with Crippen molar-refractivity contribution in [2.45, 2.75) is 26.7 Å². The molecule has 0 radical (unpaired) electrons. The first kappa shape index (κ1) is 18.4. The molecule has 1 N–H and O–H groups in total. The Kier molecular flexibility index (Phi) is 10.4. The maximum Gasteiger partial charge on any atom is 0.152 e. The Bertz CT molecular complexity index is 375. The fraction of sp³-hybridized carbons (Fsp3) is 0.562. The molecule has 1 aliphatic heterocycles. The molecule has 1 fully saturated rings. The van der Waals surface area contributed by atoms with Gasteiger partial charge in [0.1, 0.15) is 5.75 Å². The molecule has 1 saturated heterocycles. The molecular formula is C16H28N2O2. The third-order valence-electron chi connectivity index (χ3n) is 2.80. The zero-order chi connectivity index (χ0) is 15.4. The first-order valence-corrected chi connectivity index (χ1v) is 7.24. The number of carbonyl (C=O) groups excluding carboxylic acids is 1. The van der Waals surface area contributed by atoms with Crippen molar-refractivity contribution in [1.82, 2.24) is 5.32 Å².